The molecule has 1 aliphatic rings. The molecule has 2 aromatic rings. The van der Waals surface area contributed by atoms with Crippen LogP contribution in [0.5, 0.6) is 5.75 Å². The highest BCUT2D eigenvalue weighted by atomic mass is 19.1. The summed E-state index contributed by atoms with van der Waals surface area (Å²) in [6, 6.07) is 7.79. The normalized spacial score (nSPS) is 18.0. The highest BCUT2D eigenvalue weighted by molar-refractivity contribution is 5.76. The zero-order chi connectivity index (χ0) is 16.1. The molecule has 3 rings (SSSR count). The van der Waals surface area contributed by atoms with Crippen LogP contribution in [0.3, 0.4) is 0 Å². The van der Waals surface area contributed by atoms with E-state index in [0.29, 0.717) is 24.7 Å². The average molecular weight is 317 g/mol. The molecule has 1 aliphatic heterocycles. The first-order valence-corrected chi connectivity index (χ1v) is 7.88. The molecule has 6 heteroatoms. The molecule has 0 aliphatic carbocycles. The molecule has 0 bridgehead atoms. The van der Waals surface area contributed by atoms with E-state index in [1.165, 1.54) is 12.1 Å². The highest BCUT2D eigenvalue weighted by Gasteiger charge is 2.25. The third kappa shape index (κ3) is 4.09. The summed E-state index contributed by atoms with van der Waals surface area (Å²) in [5.41, 5.74) is 1.09. The van der Waals surface area contributed by atoms with Gasteiger partial charge in [0.15, 0.2) is 0 Å². The molecule has 5 nitrogen and oxygen atoms in total. The summed E-state index contributed by atoms with van der Waals surface area (Å²) in [5.74, 6) is 0.698. The van der Waals surface area contributed by atoms with E-state index in [9.17, 15) is 9.18 Å². The number of carbonyl (C=O) groups is 1. The number of benzene rings is 1. The van der Waals surface area contributed by atoms with Gasteiger partial charge < -0.3 is 9.64 Å². The maximum Gasteiger partial charge on any atom is 0.226 e. The number of nitrogens with zero attached hydrogens (tertiary/aromatic N) is 2. The molecule has 0 saturated carbocycles. The predicted molar refractivity (Wildman–Crippen MR) is 83.7 cm³/mol. The van der Waals surface area contributed by atoms with E-state index in [1.54, 1.807) is 18.3 Å². The lowest BCUT2D eigenvalue weighted by Crippen LogP contribution is -2.39. The summed E-state index contributed by atoms with van der Waals surface area (Å²) in [4.78, 5) is 14.2. The lowest BCUT2D eigenvalue weighted by atomic mass is 9.95. The van der Waals surface area contributed by atoms with Gasteiger partial charge in [0.1, 0.15) is 11.6 Å². The number of ether oxygens (including phenoxy) is 1. The van der Waals surface area contributed by atoms with E-state index < -0.39 is 0 Å². The molecule has 23 heavy (non-hydrogen) atoms. The Balaban J connectivity index is 1.47. The van der Waals surface area contributed by atoms with Crippen molar-refractivity contribution in [1.82, 2.24) is 15.1 Å². The van der Waals surface area contributed by atoms with E-state index >= 15 is 0 Å². The van der Waals surface area contributed by atoms with Gasteiger partial charge in [0, 0.05) is 30.9 Å². The maximum absolute atomic E-state index is 12.8. The molecular formula is C17H20FN3O2. The third-order valence-electron chi connectivity index (χ3n) is 4.13. The number of H-pyrrole nitrogens is 1. The lowest BCUT2D eigenvalue weighted by molar-refractivity contribution is -0.132. The second kappa shape index (κ2) is 7.26. The van der Waals surface area contributed by atoms with Gasteiger partial charge >= 0.3 is 0 Å². The largest absolute Gasteiger partial charge is 0.493 e. The fourth-order valence-electron chi connectivity index (χ4n) is 2.90. The number of amides is 1. The van der Waals surface area contributed by atoms with Gasteiger partial charge in [-0.3, -0.25) is 9.89 Å². The van der Waals surface area contributed by atoms with Crippen LogP contribution in [0.1, 0.15) is 30.9 Å². The van der Waals surface area contributed by atoms with Crippen molar-refractivity contribution in [1.29, 1.82) is 0 Å². The fraction of sp³-hybridized carbons (Fsp3) is 0.412. The Bertz CT molecular complexity index is 628. The predicted octanol–water partition coefficient (Wildman–Crippen LogP) is 2.72. The number of piperidine rings is 1. The maximum atomic E-state index is 12.8. The van der Waals surface area contributed by atoms with Gasteiger partial charge in [-0.15, -0.1) is 0 Å². The van der Waals surface area contributed by atoms with E-state index in [2.05, 4.69) is 10.2 Å². The Morgan fingerprint density at radius 1 is 1.35 bits per heavy atom. The summed E-state index contributed by atoms with van der Waals surface area (Å²) < 4.78 is 18.3. The summed E-state index contributed by atoms with van der Waals surface area (Å²) in [7, 11) is 0. The third-order valence-corrected chi connectivity index (χ3v) is 4.13. The Morgan fingerprint density at radius 2 is 2.17 bits per heavy atom. The van der Waals surface area contributed by atoms with Gasteiger partial charge in [-0.2, -0.15) is 5.10 Å². The van der Waals surface area contributed by atoms with Crippen LogP contribution in [0.25, 0.3) is 0 Å². The molecule has 1 amide bonds. The summed E-state index contributed by atoms with van der Waals surface area (Å²) in [6.45, 7) is 1.81. The van der Waals surface area contributed by atoms with Crippen LogP contribution in [0.15, 0.2) is 36.5 Å². The van der Waals surface area contributed by atoms with Crippen molar-refractivity contribution in [2.45, 2.75) is 25.2 Å². The Hall–Kier alpha value is -2.37. The number of carbonyl (C=O) groups excluding carboxylic acids is 1. The smallest absolute Gasteiger partial charge is 0.226 e. The quantitative estimate of drug-likeness (QED) is 0.922. The number of aromatic nitrogens is 2. The molecule has 122 valence electrons. The van der Waals surface area contributed by atoms with E-state index in [0.717, 1.165) is 31.6 Å². The second-order valence-corrected chi connectivity index (χ2v) is 5.74. The Morgan fingerprint density at radius 3 is 2.91 bits per heavy atom. The topological polar surface area (TPSA) is 58.2 Å². The zero-order valence-electron chi connectivity index (χ0n) is 12.9. The first-order chi connectivity index (χ1) is 11.2. The summed E-state index contributed by atoms with van der Waals surface area (Å²) in [5, 5.41) is 6.97. The molecule has 1 aromatic carbocycles. The van der Waals surface area contributed by atoms with Gasteiger partial charge in [0.05, 0.1) is 13.0 Å². The van der Waals surface area contributed by atoms with Crippen LogP contribution >= 0.6 is 0 Å². The molecule has 1 atom stereocenters. The SMILES string of the molecule is O=C(CCOc1ccc(F)cc1)N1CCC[C@@H](c2ccn[nH]2)C1. The molecule has 1 saturated heterocycles. The fourth-order valence-corrected chi connectivity index (χ4v) is 2.90. The van der Waals surface area contributed by atoms with E-state index in [4.69, 9.17) is 4.74 Å². The van der Waals surface area contributed by atoms with E-state index in [1.807, 2.05) is 11.0 Å². The lowest BCUT2D eigenvalue weighted by Gasteiger charge is -2.32. The molecule has 1 N–H and O–H groups in total. The van der Waals surface area contributed by atoms with Crippen molar-refractivity contribution in [3.05, 3.63) is 48.0 Å². The highest BCUT2D eigenvalue weighted by Crippen LogP contribution is 2.25. The average Bonchev–Trinajstić information content (AvgIpc) is 3.11. The minimum absolute atomic E-state index is 0.0938. The number of likely N-dealkylation sites (tertiary alicyclic amines) is 1. The first kappa shape index (κ1) is 15.5. The van der Waals surface area contributed by atoms with Gasteiger partial charge in [0.2, 0.25) is 5.91 Å². The van der Waals surface area contributed by atoms with Crippen molar-refractivity contribution in [2.75, 3.05) is 19.7 Å². The minimum atomic E-state index is -0.299. The number of hydrogen-bond acceptors (Lipinski definition) is 3. The molecule has 2 heterocycles. The van der Waals surface area contributed by atoms with Crippen LogP contribution < -0.4 is 4.74 Å². The first-order valence-electron chi connectivity index (χ1n) is 7.88. The van der Waals surface area contributed by atoms with Crippen molar-refractivity contribution in [3.63, 3.8) is 0 Å². The Kier molecular flexibility index (Phi) is 4.90. The van der Waals surface area contributed by atoms with Crippen LogP contribution in [-0.2, 0) is 4.79 Å². The number of halogens is 1. The van der Waals surface area contributed by atoms with Crippen molar-refractivity contribution < 1.29 is 13.9 Å². The number of rotatable bonds is 5. The second-order valence-electron chi connectivity index (χ2n) is 5.74. The molecule has 0 unspecified atom stereocenters. The van der Waals surface area contributed by atoms with Gasteiger partial charge in [-0.25, -0.2) is 4.39 Å². The van der Waals surface area contributed by atoms with E-state index in [-0.39, 0.29) is 11.7 Å². The molecule has 0 radical (unpaired) electrons. The van der Waals surface area contributed by atoms with Crippen molar-refractivity contribution in [3.8, 4) is 5.75 Å². The van der Waals surface area contributed by atoms with Crippen LogP contribution in [0, 0.1) is 5.82 Å². The molecule has 0 spiro atoms. The van der Waals surface area contributed by atoms with Gasteiger partial charge in [-0.05, 0) is 43.2 Å². The van der Waals surface area contributed by atoms with Crippen LogP contribution in [0.2, 0.25) is 0 Å². The number of aromatic amines is 1. The molecular weight excluding hydrogens is 297 g/mol. The Labute approximate surface area is 134 Å². The zero-order valence-corrected chi connectivity index (χ0v) is 12.9. The van der Waals surface area contributed by atoms with Crippen LogP contribution in [0.4, 0.5) is 4.39 Å². The molecule has 1 aromatic heterocycles. The number of hydrogen-bond donors (Lipinski definition) is 1. The minimum Gasteiger partial charge on any atom is -0.493 e. The van der Waals surface area contributed by atoms with Gasteiger partial charge in [0.25, 0.3) is 0 Å². The van der Waals surface area contributed by atoms with Gasteiger partial charge in [-0.1, -0.05) is 0 Å². The van der Waals surface area contributed by atoms with Crippen LogP contribution in [-0.4, -0.2) is 40.7 Å². The summed E-state index contributed by atoms with van der Waals surface area (Å²) in [6.07, 6.45) is 4.13. The number of nitrogens with one attached hydrogen (secondary N) is 1. The molecule has 1 fully saturated rings. The summed E-state index contributed by atoms with van der Waals surface area (Å²) >= 11 is 0. The monoisotopic (exact) mass is 317 g/mol. The van der Waals surface area contributed by atoms with Crippen molar-refractivity contribution in [2.24, 2.45) is 0 Å². The standard InChI is InChI=1S/C17H20FN3O2/c18-14-3-5-15(6-4-14)23-11-8-17(22)21-10-1-2-13(12-21)16-7-9-19-20-16/h3-7,9,13H,1-2,8,10-12H2,(H,19,20)/t13-/m1/s1. The van der Waals surface area contributed by atoms with Crippen molar-refractivity contribution >= 4 is 5.91 Å².